The molecule has 0 spiro atoms. The van der Waals surface area contributed by atoms with E-state index in [0.717, 1.165) is 12.8 Å². The lowest BCUT2D eigenvalue weighted by atomic mass is 10.1. The molecule has 3 aliphatic rings. The SMILES string of the molecule is CC.C[C@H]1CCCN1C(=O)c1cc(C(=O)NCc2ccc3c(c2)OC(F)(F)O3)c2n1CCOC2.[HH]. The number of nitrogens with zero attached hydrogens (tertiary/aromatic N) is 2. The lowest BCUT2D eigenvalue weighted by Gasteiger charge is -2.24. The molecule has 0 saturated carbocycles. The van der Waals surface area contributed by atoms with Crippen molar-refractivity contribution in [3.63, 3.8) is 0 Å². The van der Waals surface area contributed by atoms with Crippen molar-refractivity contribution >= 4 is 11.8 Å². The minimum Gasteiger partial charge on any atom is -0.395 e. The molecular weight excluding hydrogens is 448 g/mol. The number of fused-ring (bicyclic) bond motifs is 2. The number of rotatable bonds is 4. The molecule has 2 amide bonds. The van der Waals surface area contributed by atoms with E-state index in [1.165, 1.54) is 12.1 Å². The van der Waals surface area contributed by atoms with Crippen LogP contribution in [-0.2, 0) is 24.4 Å². The van der Waals surface area contributed by atoms with Gasteiger partial charge in [0.1, 0.15) is 5.69 Å². The van der Waals surface area contributed by atoms with Gasteiger partial charge < -0.3 is 29.0 Å². The molecule has 1 saturated heterocycles. The monoisotopic (exact) mass is 479 g/mol. The van der Waals surface area contributed by atoms with Crippen LogP contribution < -0.4 is 14.8 Å². The quantitative estimate of drug-likeness (QED) is 0.712. The zero-order chi connectivity index (χ0) is 24.5. The van der Waals surface area contributed by atoms with Crippen LogP contribution in [-0.4, -0.2) is 46.8 Å². The Hall–Kier alpha value is -3.14. The van der Waals surface area contributed by atoms with Gasteiger partial charge in [0.2, 0.25) is 0 Å². The Labute approximate surface area is 198 Å². The molecule has 3 aliphatic heterocycles. The van der Waals surface area contributed by atoms with E-state index >= 15 is 0 Å². The third-order valence-electron chi connectivity index (χ3n) is 6.10. The molecule has 1 aromatic heterocycles. The number of nitrogens with one attached hydrogen (secondary N) is 1. The second-order valence-electron chi connectivity index (χ2n) is 8.22. The molecule has 1 aromatic carbocycles. The van der Waals surface area contributed by atoms with Gasteiger partial charge in [0, 0.05) is 27.1 Å². The zero-order valence-corrected chi connectivity index (χ0v) is 19.5. The Morgan fingerprint density at radius 2 is 1.94 bits per heavy atom. The van der Waals surface area contributed by atoms with Crippen LogP contribution >= 0.6 is 0 Å². The Morgan fingerprint density at radius 1 is 1.18 bits per heavy atom. The highest BCUT2D eigenvalue weighted by atomic mass is 19.3. The van der Waals surface area contributed by atoms with Crippen LogP contribution in [0.3, 0.4) is 0 Å². The van der Waals surface area contributed by atoms with E-state index < -0.39 is 6.29 Å². The van der Waals surface area contributed by atoms with Crippen LogP contribution in [0.25, 0.3) is 0 Å². The van der Waals surface area contributed by atoms with Gasteiger partial charge in [-0.15, -0.1) is 8.78 Å². The average molecular weight is 480 g/mol. The van der Waals surface area contributed by atoms with Crippen LogP contribution in [0.15, 0.2) is 24.3 Å². The molecule has 5 rings (SSSR count). The summed E-state index contributed by atoms with van der Waals surface area (Å²) < 4.78 is 42.7. The molecule has 1 N–H and O–H groups in total. The third kappa shape index (κ3) is 4.59. The number of likely N-dealkylation sites (tertiary alicyclic amines) is 1. The summed E-state index contributed by atoms with van der Waals surface area (Å²) in [5.74, 6) is -0.572. The molecule has 34 heavy (non-hydrogen) atoms. The molecule has 2 aromatic rings. The summed E-state index contributed by atoms with van der Waals surface area (Å²) in [5.41, 5.74) is 2.11. The highest BCUT2D eigenvalue weighted by molar-refractivity contribution is 6.00. The van der Waals surface area contributed by atoms with Gasteiger partial charge in [0.25, 0.3) is 11.8 Å². The van der Waals surface area contributed by atoms with E-state index in [2.05, 4.69) is 14.8 Å². The topological polar surface area (TPSA) is 82.0 Å². The fourth-order valence-corrected chi connectivity index (χ4v) is 4.46. The number of amides is 2. The Kier molecular flexibility index (Phi) is 6.79. The van der Waals surface area contributed by atoms with Gasteiger partial charge >= 0.3 is 6.29 Å². The van der Waals surface area contributed by atoms with Crippen molar-refractivity contribution in [1.82, 2.24) is 14.8 Å². The number of aromatic nitrogens is 1. The van der Waals surface area contributed by atoms with Crippen LogP contribution in [0.2, 0.25) is 0 Å². The van der Waals surface area contributed by atoms with Gasteiger partial charge in [-0.25, -0.2) is 0 Å². The largest absolute Gasteiger partial charge is 0.586 e. The first kappa shape index (κ1) is 24.0. The van der Waals surface area contributed by atoms with Crippen LogP contribution in [0.1, 0.15) is 67.1 Å². The summed E-state index contributed by atoms with van der Waals surface area (Å²) in [7, 11) is 0. The van der Waals surface area contributed by atoms with Crippen molar-refractivity contribution in [2.75, 3.05) is 13.2 Å². The van der Waals surface area contributed by atoms with E-state index in [0.29, 0.717) is 42.2 Å². The van der Waals surface area contributed by atoms with Crippen molar-refractivity contribution in [1.29, 1.82) is 0 Å². The number of carbonyl (C=O) groups excluding carboxylic acids is 2. The van der Waals surface area contributed by atoms with Gasteiger partial charge in [-0.3, -0.25) is 9.59 Å². The maximum atomic E-state index is 13.2. The van der Waals surface area contributed by atoms with Gasteiger partial charge in [-0.05, 0) is 43.5 Å². The molecule has 186 valence electrons. The number of hydrogen-bond donors (Lipinski definition) is 1. The first-order valence-corrected chi connectivity index (χ1v) is 11.6. The van der Waals surface area contributed by atoms with E-state index in [-0.39, 0.29) is 43.9 Å². The van der Waals surface area contributed by atoms with Gasteiger partial charge in [0.15, 0.2) is 11.5 Å². The Balaban J connectivity index is 0.00000111. The fourth-order valence-electron chi connectivity index (χ4n) is 4.46. The Morgan fingerprint density at radius 3 is 2.68 bits per heavy atom. The lowest BCUT2D eigenvalue weighted by Crippen LogP contribution is -2.35. The molecule has 10 heteroatoms. The van der Waals surface area contributed by atoms with Gasteiger partial charge in [-0.2, -0.15) is 0 Å². The molecule has 0 unspecified atom stereocenters. The van der Waals surface area contributed by atoms with Crippen molar-refractivity contribution in [2.24, 2.45) is 0 Å². The number of ether oxygens (including phenoxy) is 3. The fraction of sp³-hybridized carbons (Fsp3) is 0.500. The maximum absolute atomic E-state index is 13.2. The molecule has 1 fully saturated rings. The van der Waals surface area contributed by atoms with E-state index in [4.69, 9.17) is 4.74 Å². The van der Waals surface area contributed by atoms with E-state index in [1.54, 1.807) is 12.1 Å². The molecule has 0 bridgehead atoms. The predicted octanol–water partition coefficient (Wildman–Crippen LogP) is 4.17. The van der Waals surface area contributed by atoms with Crippen molar-refractivity contribution in [2.45, 2.75) is 65.6 Å². The van der Waals surface area contributed by atoms with Crippen molar-refractivity contribution in [3.05, 3.63) is 46.8 Å². The molecule has 4 heterocycles. The Bertz CT molecular complexity index is 1090. The number of alkyl halides is 2. The third-order valence-corrected chi connectivity index (χ3v) is 6.10. The first-order valence-electron chi connectivity index (χ1n) is 11.6. The highest BCUT2D eigenvalue weighted by Crippen LogP contribution is 2.41. The zero-order valence-electron chi connectivity index (χ0n) is 19.5. The standard InChI is InChI=1S/C22H23F2N3O5.C2H6.H2/c1-13-3-2-6-26(13)21(29)16-10-15(17-12-30-8-7-27(16)17)20(28)25-11-14-4-5-18-19(9-14)32-22(23,24)31-18;1-2;/h4-5,9-10,13H,2-3,6-8,11-12H2,1H3,(H,25,28);1-2H3;1H/t13-;;/m0../s1. The lowest BCUT2D eigenvalue weighted by molar-refractivity contribution is -0.286. The minimum absolute atomic E-state index is 0. The predicted molar refractivity (Wildman–Crippen MR) is 121 cm³/mol. The number of benzene rings is 1. The summed E-state index contributed by atoms with van der Waals surface area (Å²) in [6.45, 7) is 8.05. The summed E-state index contributed by atoms with van der Waals surface area (Å²) in [5, 5.41) is 2.79. The van der Waals surface area contributed by atoms with E-state index in [1.807, 2.05) is 30.2 Å². The van der Waals surface area contributed by atoms with Crippen LogP contribution in [0, 0.1) is 0 Å². The number of carbonyl (C=O) groups is 2. The highest BCUT2D eigenvalue weighted by Gasteiger charge is 2.43. The second-order valence-corrected chi connectivity index (χ2v) is 8.22. The number of halogens is 2. The molecule has 0 radical (unpaired) electrons. The second kappa shape index (κ2) is 9.61. The van der Waals surface area contributed by atoms with Crippen molar-refractivity contribution in [3.8, 4) is 11.5 Å². The van der Waals surface area contributed by atoms with Crippen LogP contribution in [0.4, 0.5) is 8.78 Å². The first-order chi connectivity index (χ1) is 16.3. The summed E-state index contributed by atoms with van der Waals surface area (Å²) >= 11 is 0. The molecular formula is C24H31F2N3O5. The van der Waals surface area contributed by atoms with Gasteiger partial charge in [0.05, 0.1) is 24.5 Å². The summed E-state index contributed by atoms with van der Waals surface area (Å²) in [4.78, 5) is 28.0. The normalized spacial score (nSPS) is 19.8. The smallest absolute Gasteiger partial charge is 0.395 e. The molecule has 1 atom stereocenters. The maximum Gasteiger partial charge on any atom is 0.586 e. The average Bonchev–Trinajstić information content (AvgIpc) is 3.51. The summed E-state index contributed by atoms with van der Waals surface area (Å²) in [6, 6.07) is 6.15. The van der Waals surface area contributed by atoms with Gasteiger partial charge in [-0.1, -0.05) is 19.9 Å². The number of hydrogen-bond acceptors (Lipinski definition) is 5. The molecule has 8 nitrogen and oxygen atoms in total. The van der Waals surface area contributed by atoms with E-state index in [9.17, 15) is 18.4 Å². The summed E-state index contributed by atoms with van der Waals surface area (Å²) in [6.07, 6.45) is -1.75. The minimum atomic E-state index is -3.69. The van der Waals surface area contributed by atoms with Crippen LogP contribution in [0.5, 0.6) is 11.5 Å². The molecule has 0 aliphatic carbocycles. The van der Waals surface area contributed by atoms with Crippen molar-refractivity contribution < 1.29 is 34.0 Å².